The third-order valence-electron chi connectivity index (χ3n) is 4.41. The van der Waals surface area contributed by atoms with E-state index in [1.165, 1.54) is 12.8 Å². The number of carbonyl (C=O) groups is 1. The van der Waals surface area contributed by atoms with E-state index in [0.29, 0.717) is 17.2 Å². The van der Waals surface area contributed by atoms with Gasteiger partial charge in [0.05, 0.1) is 6.04 Å². The van der Waals surface area contributed by atoms with Crippen LogP contribution in [0.3, 0.4) is 0 Å². The van der Waals surface area contributed by atoms with Crippen molar-refractivity contribution in [2.45, 2.75) is 31.7 Å². The van der Waals surface area contributed by atoms with Crippen LogP contribution in [0.1, 0.15) is 53.5 Å². The fourth-order valence-corrected chi connectivity index (χ4v) is 2.78. The van der Waals surface area contributed by atoms with Crippen molar-refractivity contribution < 1.29 is 9.32 Å². The van der Waals surface area contributed by atoms with Crippen molar-refractivity contribution in [3.63, 3.8) is 0 Å². The summed E-state index contributed by atoms with van der Waals surface area (Å²) in [5.41, 5.74) is 3.50. The number of carbonyl (C=O) groups excluding carboxylic acids is 1. The van der Waals surface area contributed by atoms with Crippen LogP contribution in [0.15, 0.2) is 59.3 Å². The molecule has 1 aliphatic rings. The first kappa shape index (κ1) is 15.6. The number of pyridine rings is 1. The molecule has 3 aromatic rings. The Kier molecular flexibility index (Phi) is 4.06. The number of aromatic nitrogens is 2. The van der Waals surface area contributed by atoms with Crippen LogP contribution >= 0.6 is 0 Å². The van der Waals surface area contributed by atoms with Gasteiger partial charge in [-0.2, -0.15) is 0 Å². The molecule has 2 heterocycles. The SMILES string of the molecule is CC(NC(=O)c1ccccc1)c1cc(-c2ccnc(C3CC3)c2)no1. The molecule has 1 amide bonds. The molecule has 5 nitrogen and oxygen atoms in total. The first-order chi connectivity index (χ1) is 12.2. The van der Waals surface area contributed by atoms with Crippen LogP contribution in [0.5, 0.6) is 0 Å². The zero-order chi connectivity index (χ0) is 17.2. The molecule has 4 rings (SSSR count). The zero-order valence-corrected chi connectivity index (χ0v) is 14.0. The molecule has 1 aliphatic carbocycles. The highest BCUT2D eigenvalue weighted by Gasteiger charge is 2.25. The van der Waals surface area contributed by atoms with Crippen molar-refractivity contribution in [2.75, 3.05) is 0 Å². The Morgan fingerprint density at radius 3 is 2.76 bits per heavy atom. The van der Waals surface area contributed by atoms with Gasteiger partial charge in [0.15, 0.2) is 5.76 Å². The molecule has 1 fully saturated rings. The van der Waals surface area contributed by atoms with Gasteiger partial charge in [-0.15, -0.1) is 0 Å². The molecule has 5 heteroatoms. The molecule has 1 saturated carbocycles. The fraction of sp³-hybridized carbons (Fsp3) is 0.250. The minimum Gasteiger partial charge on any atom is -0.359 e. The summed E-state index contributed by atoms with van der Waals surface area (Å²) in [5, 5.41) is 7.09. The summed E-state index contributed by atoms with van der Waals surface area (Å²) < 4.78 is 5.45. The average Bonchev–Trinajstić information content (AvgIpc) is 3.39. The summed E-state index contributed by atoms with van der Waals surface area (Å²) in [5.74, 6) is 1.09. The zero-order valence-electron chi connectivity index (χ0n) is 14.0. The smallest absolute Gasteiger partial charge is 0.251 e. The maximum Gasteiger partial charge on any atom is 0.251 e. The van der Waals surface area contributed by atoms with Gasteiger partial charge in [-0.05, 0) is 44.0 Å². The number of amides is 1. The van der Waals surface area contributed by atoms with E-state index in [4.69, 9.17) is 4.52 Å². The monoisotopic (exact) mass is 333 g/mol. The van der Waals surface area contributed by atoms with Gasteiger partial charge in [0, 0.05) is 35.0 Å². The Bertz CT molecular complexity index is 885. The van der Waals surface area contributed by atoms with Gasteiger partial charge in [0.25, 0.3) is 5.91 Å². The molecule has 2 aromatic heterocycles. The Labute approximate surface area is 146 Å². The van der Waals surface area contributed by atoms with Crippen LogP contribution in [-0.4, -0.2) is 16.0 Å². The first-order valence-electron chi connectivity index (χ1n) is 8.49. The Hall–Kier alpha value is -2.95. The van der Waals surface area contributed by atoms with E-state index < -0.39 is 0 Å². The molecule has 126 valence electrons. The largest absolute Gasteiger partial charge is 0.359 e. The lowest BCUT2D eigenvalue weighted by Gasteiger charge is -2.10. The van der Waals surface area contributed by atoms with Crippen molar-refractivity contribution in [1.82, 2.24) is 15.5 Å². The standard InChI is InChI=1S/C20H19N3O2/c1-13(22-20(24)15-5-3-2-4-6-15)19-12-18(23-25-19)16-9-10-21-17(11-16)14-7-8-14/h2-6,9-14H,7-8H2,1H3,(H,22,24). The molecule has 25 heavy (non-hydrogen) atoms. The van der Waals surface area contributed by atoms with E-state index in [0.717, 1.165) is 17.0 Å². The number of nitrogens with one attached hydrogen (secondary N) is 1. The highest BCUT2D eigenvalue weighted by Crippen LogP contribution is 2.39. The number of rotatable bonds is 5. The number of benzene rings is 1. The van der Waals surface area contributed by atoms with Crippen LogP contribution in [-0.2, 0) is 0 Å². The molecule has 0 aliphatic heterocycles. The lowest BCUT2D eigenvalue weighted by Crippen LogP contribution is -2.26. The quantitative estimate of drug-likeness (QED) is 0.763. The third kappa shape index (κ3) is 3.45. The van der Waals surface area contributed by atoms with E-state index in [9.17, 15) is 4.79 Å². The van der Waals surface area contributed by atoms with Gasteiger partial charge in [0.1, 0.15) is 5.69 Å². The second-order valence-corrected chi connectivity index (χ2v) is 6.42. The van der Waals surface area contributed by atoms with Crippen LogP contribution in [0.2, 0.25) is 0 Å². The molecule has 1 N–H and O–H groups in total. The second kappa shape index (κ2) is 6.51. The van der Waals surface area contributed by atoms with Crippen LogP contribution in [0.25, 0.3) is 11.3 Å². The van der Waals surface area contributed by atoms with Crippen molar-refractivity contribution >= 4 is 5.91 Å². The minimum absolute atomic E-state index is 0.133. The van der Waals surface area contributed by atoms with E-state index in [1.54, 1.807) is 12.1 Å². The summed E-state index contributed by atoms with van der Waals surface area (Å²) in [6.45, 7) is 1.88. The van der Waals surface area contributed by atoms with E-state index in [-0.39, 0.29) is 11.9 Å². The van der Waals surface area contributed by atoms with Gasteiger partial charge < -0.3 is 9.84 Å². The predicted octanol–water partition coefficient (Wildman–Crippen LogP) is 4.11. The molecule has 1 atom stereocenters. The van der Waals surface area contributed by atoms with E-state index in [2.05, 4.69) is 21.5 Å². The second-order valence-electron chi connectivity index (χ2n) is 6.42. The summed E-state index contributed by atoms with van der Waals surface area (Å²) in [6, 6.07) is 14.7. The molecule has 0 saturated heterocycles. The summed E-state index contributed by atoms with van der Waals surface area (Å²) in [6.07, 6.45) is 4.24. The molecule has 0 spiro atoms. The number of nitrogens with zero attached hydrogens (tertiary/aromatic N) is 2. The predicted molar refractivity (Wildman–Crippen MR) is 94.0 cm³/mol. The lowest BCUT2D eigenvalue weighted by atomic mass is 10.1. The number of hydrogen-bond donors (Lipinski definition) is 1. The molecule has 1 unspecified atom stereocenters. The summed E-state index contributed by atoms with van der Waals surface area (Å²) in [4.78, 5) is 16.7. The minimum atomic E-state index is -0.265. The first-order valence-corrected chi connectivity index (χ1v) is 8.49. The Balaban J connectivity index is 1.49. The Morgan fingerprint density at radius 1 is 1.20 bits per heavy atom. The Morgan fingerprint density at radius 2 is 2.00 bits per heavy atom. The molecule has 1 aromatic carbocycles. The lowest BCUT2D eigenvalue weighted by molar-refractivity contribution is 0.0934. The van der Waals surface area contributed by atoms with Crippen molar-refractivity contribution in [3.05, 3.63) is 71.7 Å². The molecule has 0 bridgehead atoms. The maximum atomic E-state index is 12.3. The molecular weight excluding hydrogens is 314 g/mol. The van der Waals surface area contributed by atoms with Gasteiger partial charge in [-0.25, -0.2) is 0 Å². The van der Waals surface area contributed by atoms with Gasteiger partial charge >= 0.3 is 0 Å². The average molecular weight is 333 g/mol. The van der Waals surface area contributed by atoms with Gasteiger partial charge in [-0.1, -0.05) is 23.4 Å². The van der Waals surface area contributed by atoms with Gasteiger partial charge in [-0.3, -0.25) is 9.78 Å². The summed E-state index contributed by atoms with van der Waals surface area (Å²) >= 11 is 0. The highest BCUT2D eigenvalue weighted by molar-refractivity contribution is 5.94. The molecule has 0 radical (unpaired) electrons. The van der Waals surface area contributed by atoms with Crippen LogP contribution in [0.4, 0.5) is 0 Å². The van der Waals surface area contributed by atoms with Crippen molar-refractivity contribution in [2.24, 2.45) is 0 Å². The van der Waals surface area contributed by atoms with Crippen LogP contribution < -0.4 is 5.32 Å². The molecular formula is C20H19N3O2. The fourth-order valence-electron chi connectivity index (χ4n) is 2.78. The van der Waals surface area contributed by atoms with Crippen molar-refractivity contribution in [1.29, 1.82) is 0 Å². The topological polar surface area (TPSA) is 68.0 Å². The van der Waals surface area contributed by atoms with Crippen LogP contribution in [0, 0.1) is 0 Å². The van der Waals surface area contributed by atoms with Crippen molar-refractivity contribution in [3.8, 4) is 11.3 Å². The highest BCUT2D eigenvalue weighted by atomic mass is 16.5. The van der Waals surface area contributed by atoms with E-state index in [1.807, 2.05) is 43.5 Å². The van der Waals surface area contributed by atoms with Gasteiger partial charge in [0.2, 0.25) is 0 Å². The normalized spacial score (nSPS) is 14.9. The maximum absolute atomic E-state index is 12.3. The number of hydrogen-bond acceptors (Lipinski definition) is 4. The third-order valence-corrected chi connectivity index (χ3v) is 4.41. The summed E-state index contributed by atoms with van der Waals surface area (Å²) in [7, 11) is 0. The van der Waals surface area contributed by atoms with E-state index >= 15 is 0 Å².